The molecule has 0 heterocycles. The van der Waals surface area contributed by atoms with E-state index in [4.69, 9.17) is 10.5 Å². The van der Waals surface area contributed by atoms with Crippen LogP contribution in [0.5, 0.6) is 0 Å². The van der Waals surface area contributed by atoms with Gasteiger partial charge in [0.2, 0.25) is 5.91 Å². The lowest BCUT2D eigenvalue weighted by molar-refractivity contribution is -0.134. The average Bonchev–Trinajstić information content (AvgIpc) is 2.24. The van der Waals surface area contributed by atoms with E-state index in [0.29, 0.717) is 6.61 Å². The molecule has 0 bridgehead atoms. The lowest BCUT2D eigenvalue weighted by atomic mass is 10.2. The van der Waals surface area contributed by atoms with Gasteiger partial charge in [0.05, 0.1) is 18.7 Å². The Labute approximate surface area is 96.5 Å². The summed E-state index contributed by atoms with van der Waals surface area (Å²) >= 11 is 1.70. The molecule has 0 aromatic heterocycles. The molecular weight excluding hydrogens is 212 g/mol. The van der Waals surface area contributed by atoms with Crippen LogP contribution < -0.4 is 5.73 Å². The summed E-state index contributed by atoms with van der Waals surface area (Å²) < 4.78 is 5.00. The molecule has 2 atom stereocenters. The third-order valence-electron chi connectivity index (χ3n) is 2.37. The van der Waals surface area contributed by atoms with Gasteiger partial charge in [0.1, 0.15) is 0 Å². The number of carbonyl (C=O) groups is 1. The van der Waals surface area contributed by atoms with Crippen molar-refractivity contribution >= 4 is 17.7 Å². The molecule has 0 fully saturated rings. The highest BCUT2D eigenvalue weighted by Gasteiger charge is 2.21. The molecule has 0 saturated heterocycles. The van der Waals surface area contributed by atoms with E-state index in [1.165, 1.54) is 0 Å². The number of nitrogens with two attached hydrogens (primary N) is 1. The van der Waals surface area contributed by atoms with E-state index >= 15 is 0 Å². The third kappa shape index (κ3) is 5.39. The van der Waals surface area contributed by atoms with E-state index in [1.54, 1.807) is 30.8 Å². The second-order valence-electron chi connectivity index (χ2n) is 3.64. The number of carbonyl (C=O) groups excluding carboxylic acids is 1. The Balaban J connectivity index is 4.05. The minimum atomic E-state index is -0.387. The summed E-state index contributed by atoms with van der Waals surface area (Å²) in [6, 6.07) is -0.315. The van der Waals surface area contributed by atoms with E-state index in [2.05, 4.69) is 0 Å². The highest BCUT2D eigenvalue weighted by Crippen LogP contribution is 2.04. The van der Waals surface area contributed by atoms with Crippen LogP contribution in [0.3, 0.4) is 0 Å². The Bertz CT molecular complexity index is 190. The lowest BCUT2D eigenvalue weighted by Gasteiger charge is -2.27. The molecule has 1 amide bonds. The summed E-state index contributed by atoms with van der Waals surface area (Å²) in [7, 11) is 3.40. The Morgan fingerprint density at radius 1 is 1.60 bits per heavy atom. The van der Waals surface area contributed by atoms with Crippen molar-refractivity contribution in [3.63, 3.8) is 0 Å². The molecule has 4 nitrogen and oxygen atoms in total. The Morgan fingerprint density at radius 2 is 2.20 bits per heavy atom. The molecule has 0 aliphatic carbocycles. The Kier molecular flexibility index (Phi) is 7.82. The van der Waals surface area contributed by atoms with Gasteiger partial charge in [-0.15, -0.1) is 0 Å². The molecule has 0 rings (SSSR count). The number of hydrogen-bond donors (Lipinski definition) is 1. The molecule has 0 aromatic carbocycles. The van der Waals surface area contributed by atoms with Gasteiger partial charge in [-0.2, -0.15) is 11.8 Å². The maximum Gasteiger partial charge on any atom is 0.239 e. The van der Waals surface area contributed by atoms with E-state index < -0.39 is 0 Å². The van der Waals surface area contributed by atoms with Crippen LogP contribution in [-0.2, 0) is 9.53 Å². The van der Waals surface area contributed by atoms with Crippen LogP contribution in [-0.4, -0.2) is 55.7 Å². The van der Waals surface area contributed by atoms with Crippen molar-refractivity contribution in [1.29, 1.82) is 0 Å². The topological polar surface area (TPSA) is 55.6 Å². The molecule has 2 N–H and O–H groups in total. The zero-order valence-corrected chi connectivity index (χ0v) is 10.8. The van der Waals surface area contributed by atoms with Gasteiger partial charge in [-0.3, -0.25) is 4.79 Å². The quantitative estimate of drug-likeness (QED) is 0.699. The van der Waals surface area contributed by atoms with Gasteiger partial charge in [-0.05, 0) is 25.4 Å². The first kappa shape index (κ1) is 14.7. The summed E-state index contributed by atoms with van der Waals surface area (Å²) in [4.78, 5) is 13.5. The van der Waals surface area contributed by atoms with Crippen LogP contribution >= 0.6 is 11.8 Å². The van der Waals surface area contributed by atoms with Gasteiger partial charge in [-0.25, -0.2) is 0 Å². The summed E-state index contributed by atoms with van der Waals surface area (Å²) in [6.45, 7) is 2.49. The Morgan fingerprint density at radius 3 is 2.67 bits per heavy atom. The van der Waals surface area contributed by atoms with Crippen LogP contribution in [0.15, 0.2) is 0 Å². The van der Waals surface area contributed by atoms with Gasteiger partial charge >= 0.3 is 0 Å². The fourth-order valence-corrected chi connectivity index (χ4v) is 1.69. The van der Waals surface area contributed by atoms with Crippen molar-refractivity contribution in [2.45, 2.75) is 25.4 Å². The average molecular weight is 234 g/mol. The first-order valence-corrected chi connectivity index (χ1v) is 6.44. The minimum absolute atomic E-state index is 0.00593. The maximum absolute atomic E-state index is 11.8. The van der Waals surface area contributed by atoms with E-state index in [0.717, 1.165) is 12.2 Å². The minimum Gasteiger partial charge on any atom is -0.383 e. The van der Waals surface area contributed by atoms with Gasteiger partial charge in [0, 0.05) is 14.2 Å². The number of amides is 1. The van der Waals surface area contributed by atoms with Crippen LogP contribution in [0.4, 0.5) is 0 Å². The monoisotopic (exact) mass is 234 g/mol. The predicted octanol–water partition coefficient (Wildman–Crippen LogP) is 0.560. The first-order chi connectivity index (χ1) is 7.04. The van der Waals surface area contributed by atoms with Crippen LogP contribution in [0.2, 0.25) is 0 Å². The van der Waals surface area contributed by atoms with Crippen molar-refractivity contribution < 1.29 is 9.53 Å². The van der Waals surface area contributed by atoms with Crippen molar-refractivity contribution in [3.8, 4) is 0 Å². The van der Waals surface area contributed by atoms with Crippen LogP contribution in [0.1, 0.15) is 13.3 Å². The van der Waals surface area contributed by atoms with Gasteiger partial charge in [0.15, 0.2) is 0 Å². The van der Waals surface area contributed by atoms with Crippen molar-refractivity contribution in [2.75, 3.05) is 32.8 Å². The van der Waals surface area contributed by atoms with Crippen LogP contribution in [0.25, 0.3) is 0 Å². The van der Waals surface area contributed by atoms with Gasteiger partial charge in [-0.1, -0.05) is 0 Å². The molecule has 0 spiro atoms. The molecule has 0 aliphatic rings. The SMILES string of the molecule is COCC(C)N(C)C(=O)[C@@H](N)CCSC. The van der Waals surface area contributed by atoms with Gasteiger partial charge in [0.25, 0.3) is 0 Å². The zero-order chi connectivity index (χ0) is 11.8. The molecule has 15 heavy (non-hydrogen) atoms. The second-order valence-corrected chi connectivity index (χ2v) is 4.63. The first-order valence-electron chi connectivity index (χ1n) is 5.04. The van der Waals surface area contributed by atoms with E-state index in [1.807, 2.05) is 13.2 Å². The lowest BCUT2D eigenvalue weighted by Crippen LogP contribution is -2.47. The summed E-state index contributed by atoms with van der Waals surface area (Å²) in [5, 5.41) is 0. The number of nitrogens with zero attached hydrogens (tertiary/aromatic N) is 1. The number of rotatable bonds is 7. The standard InChI is InChI=1S/C10H22N2O2S/c1-8(7-14-3)12(2)10(13)9(11)5-6-15-4/h8-9H,5-7,11H2,1-4H3/t8?,9-/m0/s1. The van der Waals surface area contributed by atoms with Crippen molar-refractivity contribution in [1.82, 2.24) is 4.90 Å². The molecule has 0 radical (unpaired) electrons. The predicted molar refractivity (Wildman–Crippen MR) is 65.1 cm³/mol. The van der Waals surface area contributed by atoms with E-state index in [-0.39, 0.29) is 18.0 Å². The second kappa shape index (κ2) is 7.96. The maximum atomic E-state index is 11.8. The fraction of sp³-hybridized carbons (Fsp3) is 0.900. The van der Waals surface area contributed by atoms with E-state index in [9.17, 15) is 4.79 Å². The fourth-order valence-electron chi connectivity index (χ4n) is 1.20. The molecule has 1 unspecified atom stereocenters. The number of likely N-dealkylation sites (N-methyl/N-ethyl adjacent to an activating group) is 1. The third-order valence-corrected chi connectivity index (χ3v) is 3.01. The zero-order valence-electron chi connectivity index (χ0n) is 10.0. The molecule has 0 aliphatic heterocycles. The highest BCUT2D eigenvalue weighted by atomic mass is 32.2. The smallest absolute Gasteiger partial charge is 0.239 e. The molecule has 0 saturated carbocycles. The Hall–Kier alpha value is -0.260. The molecule has 0 aromatic rings. The number of methoxy groups -OCH3 is 1. The van der Waals surface area contributed by atoms with Crippen molar-refractivity contribution in [2.24, 2.45) is 5.73 Å². The summed E-state index contributed by atoms with van der Waals surface area (Å²) in [6.07, 6.45) is 2.73. The molecular formula is C10H22N2O2S. The molecule has 5 heteroatoms. The molecule has 90 valence electrons. The van der Waals surface area contributed by atoms with Gasteiger partial charge < -0.3 is 15.4 Å². The summed E-state index contributed by atoms with van der Waals surface area (Å²) in [5.74, 6) is 0.910. The number of ether oxygens (including phenoxy) is 1. The summed E-state index contributed by atoms with van der Waals surface area (Å²) in [5.41, 5.74) is 5.79. The van der Waals surface area contributed by atoms with Crippen molar-refractivity contribution in [3.05, 3.63) is 0 Å². The largest absolute Gasteiger partial charge is 0.383 e. The highest BCUT2D eigenvalue weighted by molar-refractivity contribution is 7.98. The van der Waals surface area contributed by atoms with Crippen LogP contribution in [0, 0.1) is 0 Å². The number of thioether (sulfide) groups is 1. The normalized spacial score (nSPS) is 14.7. The number of hydrogen-bond acceptors (Lipinski definition) is 4.